The number of morpholine rings is 1. The number of rotatable bonds is 4. The van der Waals surface area contributed by atoms with Gasteiger partial charge in [-0.2, -0.15) is 0 Å². The Morgan fingerprint density at radius 1 is 1.16 bits per heavy atom. The van der Waals surface area contributed by atoms with Crippen molar-refractivity contribution in [3.63, 3.8) is 0 Å². The number of hydrogen-bond donors (Lipinski definition) is 1. The lowest BCUT2D eigenvalue weighted by atomic mass is 10.1. The van der Waals surface area contributed by atoms with E-state index in [1.165, 1.54) is 16.7 Å². The molecule has 3 aromatic heterocycles. The van der Waals surface area contributed by atoms with Crippen molar-refractivity contribution in [2.24, 2.45) is 0 Å². The number of fused-ring (bicyclic) bond motifs is 1. The molecule has 0 saturated carbocycles. The lowest BCUT2D eigenvalue weighted by Gasteiger charge is -2.28. The highest BCUT2D eigenvalue weighted by Crippen LogP contribution is 2.32. The van der Waals surface area contributed by atoms with E-state index in [9.17, 15) is 9.18 Å². The topological polar surface area (TPSA) is 52.3 Å². The number of halogens is 2. The lowest BCUT2D eigenvalue weighted by molar-refractivity contribution is 0.122. The third-order valence-electron chi connectivity index (χ3n) is 5.57. The molecule has 1 saturated heterocycles. The summed E-state index contributed by atoms with van der Waals surface area (Å²) in [6.45, 7) is 3.22. The van der Waals surface area contributed by atoms with Crippen molar-refractivity contribution in [1.82, 2.24) is 13.5 Å². The van der Waals surface area contributed by atoms with E-state index >= 15 is 0 Å². The number of anilines is 1. The summed E-state index contributed by atoms with van der Waals surface area (Å²) in [5, 5.41) is 1.22. The van der Waals surface area contributed by atoms with Crippen molar-refractivity contribution in [1.29, 1.82) is 0 Å². The molecule has 1 aliphatic heterocycles. The summed E-state index contributed by atoms with van der Waals surface area (Å²) in [4.78, 5) is 19.6. The van der Waals surface area contributed by atoms with Crippen molar-refractivity contribution in [3.05, 3.63) is 81.7 Å². The van der Waals surface area contributed by atoms with Crippen molar-refractivity contribution in [2.45, 2.75) is 6.54 Å². The third-order valence-corrected chi connectivity index (χ3v) is 6.09. The molecule has 0 bridgehead atoms. The smallest absolute Gasteiger partial charge is 0.251 e. The average molecular weight is 471 g/mol. The van der Waals surface area contributed by atoms with E-state index in [0.717, 1.165) is 40.9 Å². The molecule has 1 fully saturated rings. The highest BCUT2D eigenvalue weighted by atomic mass is 35.5. The summed E-state index contributed by atoms with van der Waals surface area (Å²) in [5.41, 5.74) is 3.80. The summed E-state index contributed by atoms with van der Waals surface area (Å²) in [6, 6.07) is 9.79. The van der Waals surface area contributed by atoms with Crippen molar-refractivity contribution in [2.75, 3.05) is 31.2 Å². The van der Waals surface area contributed by atoms with E-state index in [0.29, 0.717) is 23.8 Å². The van der Waals surface area contributed by atoms with Gasteiger partial charge in [-0.1, -0.05) is 24.4 Å². The maximum atomic E-state index is 13.6. The molecule has 9 heteroatoms. The van der Waals surface area contributed by atoms with E-state index in [2.05, 4.69) is 28.8 Å². The van der Waals surface area contributed by atoms with Crippen LogP contribution in [0.2, 0.25) is 5.02 Å². The van der Waals surface area contributed by atoms with Gasteiger partial charge in [-0.3, -0.25) is 8.77 Å². The van der Waals surface area contributed by atoms with E-state index in [1.54, 1.807) is 22.3 Å². The predicted octanol–water partition coefficient (Wildman–Crippen LogP) is 4.24. The molecule has 1 aromatic carbocycles. The minimum Gasteiger partial charge on any atom is -0.378 e. The molecule has 32 heavy (non-hydrogen) atoms. The Balaban J connectivity index is 1.50. The number of nitrogens with zero attached hydrogens (tertiary/aromatic N) is 4. The molecule has 5 rings (SSSR count). The number of thiol groups is 1. The summed E-state index contributed by atoms with van der Waals surface area (Å²) >= 11 is 10.4. The summed E-state index contributed by atoms with van der Waals surface area (Å²) < 4.78 is 22.3. The van der Waals surface area contributed by atoms with Gasteiger partial charge in [0.05, 0.1) is 31.6 Å². The largest absolute Gasteiger partial charge is 0.378 e. The standard InChI is InChI=1S/C23H20ClFN4O2S/c24-17-7-15(8-18(25)10-17)13-28-2-1-16(9-22(28)30)21-14-29(32)23-20(21)11-19(12-26-23)27-3-5-31-6-4-27/h1-2,7-12,14,32H,3-6,13H2. The summed E-state index contributed by atoms with van der Waals surface area (Å²) in [6.07, 6.45) is 5.40. The predicted molar refractivity (Wildman–Crippen MR) is 127 cm³/mol. The fraction of sp³-hybridized carbons (Fsp3) is 0.217. The third kappa shape index (κ3) is 4.13. The molecular formula is C23H20ClFN4O2S. The van der Waals surface area contributed by atoms with Gasteiger partial charge in [-0.15, -0.1) is 0 Å². The number of ether oxygens (including phenoxy) is 1. The molecule has 4 heterocycles. The molecule has 0 unspecified atom stereocenters. The van der Waals surface area contributed by atoms with E-state index < -0.39 is 5.82 Å². The Morgan fingerprint density at radius 2 is 1.97 bits per heavy atom. The number of benzene rings is 1. The van der Waals surface area contributed by atoms with Crippen LogP contribution in [0.5, 0.6) is 0 Å². The summed E-state index contributed by atoms with van der Waals surface area (Å²) in [7, 11) is 0. The second-order valence-electron chi connectivity index (χ2n) is 7.71. The molecule has 0 atom stereocenters. The van der Waals surface area contributed by atoms with Crippen LogP contribution in [0.25, 0.3) is 22.2 Å². The number of hydrogen-bond acceptors (Lipinski definition) is 5. The van der Waals surface area contributed by atoms with Crippen molar-refractivity contribution < 1.29 is 9.13 Å². The van der Waals surface area contributed by atoms with Crippen molar-refractivity contribution in [3.8, 4) is 11.1 Å². The van der Waals surface area contributed by atoms with Gasteiger partial charge in [0.1, 0.15) is 5.82 Å². The minimum atomic E-state index is -0.428. The number of aromatic nitrogens is 3. The normalized spacial score (nSPS) is 14.3. The monoisotopic (exact) mass is 470 g/mol. The second kappa shape index (κ2) is 8.61. The van der Waals surface area contributed by atoms with Crippen LogP contribution in [0, 0.1) is 5.82 Å². The van der Waals surface area contributed by atoms with Gasteiger partial charge in [0.25, 0.3) is 5.56 Å². The van der Waals surface area contributed by atoms with Crippen LogP contribution in [0.15, 0.2) is 59.8 Å². The molecule has 0 spiro atoms. The maximum absolute atomic E-state index is 13.6. The van der Waals surface area contributed by atoms with Gasteiger partial charge in [0.15, 0.2) is 5.65 Å². The van der Waals surface area contributed by atoms with E-state index in [1.807, 2.05) is 18.5 Å². The summed E-state index contributed by atoms with van der Waals surface area (Å²) in [5.74, 6) is -0.428. The molecule has 0 radical (unpaired) electrons. The van der Waals surface area contributed by atoms with Crippen molar-refractivity contribution >= 4 is 41.1 Å². The fourth-order valence-corrected chi connectivity index (χ4v) is 4.53. The molecule has 164 valence electrons. The first-order chi connectivity index (χ1) is 15.5. The molecule has 6 nitrogen and oxygen atoms in total. The lowest BCUT2D eigenvalue weighted by Crippen LogP contribution is -2.36. The zero-order valence-electron chi connectivity index (χ0n) is 17.0. The minimum absolute atomic E-state index is 0.194. The second-order valence-corrected chi connectivity index (χ2v) is 8.58. The van der Waals surface area contributed by atoms with Gasteiger partial charge in [0, 0.05) is 47.5 Å². The van der Waals surface area contributed by atoms with Gasteiger partial charge >= 0.3 is 0 Å². The Kier molecular flexibility index (Phi) is 5.67. The van der Waals surface area contributed by atoms with E-state index in [4.69, 9.17) is 16.3 Å². The first-order valence-electron chi connectivity index (χ1n) is 10.2. The van der Waals surface area contributed by atoms with Crippen LogP contribution >= 0.6 is 24.4 Å². The Labute approximate surface area is 194 Å². The highest BCUT2D eigenvalue weighted by molar-refractivity contribution is 7.78. The maximum Gasteiger partial charge on any atom is 0.251 e. The quantitative estimate of drug-likeness (QED) is 0.453. The molecular weight excluding hydrogens is 451 g/mol. The SMILES string of the molecule is O=c1cc(-c2cn(S)c3ncc(N4CCOCC4)cc23)ccn1Cc1cc(F)cc(Cl)c1. The van der Waals surface area contributed by atoms with Crippen LogP contribution in [-0.4, -0.2) is 39.8 Å². The fourth-order valence-electron chi connectivity index (χ4n) is 4.01. The average Bonchev–Trinajstić information content (AvgIpc) is 3.11. The Hall–Kier alpha value is -2.81. The first kappa shape index (κ1) is 21.1. The molecule has 1 aliphatic rings. The molecule has 0 N–H and O–H groups in total. The number of pyridine rings is 2. The molecule has 0 amide bonds. The van der Waals surface area contributed by atoms with Crippen LogP contribution in [0.3, 0.4) is 0 Å². The van der Waals surface area contributed by atoms with Crippen LogP contribution in [-0.2, 0) is 11.3 Å². The van der Waals surface area contributed by atoms with E-state index in [-0.39, 0.29) is 12.1 Å². The van der Waals surface area contributed by atoms with Crippen LogP contribution < -0.4 is 10.5 Å². The zero-order valence-corrected chi connectivity index (χ0v) is 18.7. The zero-order chi connectivity index (χ0) is 22.2. The van der Waals surface area contributed by atoms with Crippen LogP contribution in [0.1, 0.15) is 5.56 Å². The first-order valence-corrected chi connectivity index (χ1v) is 10.9. The Morgan fingerprint density at radius 3 is 2.72 bits per heavy atom. The highest BCUT2D eigenvalue weighted by Gasteiger charge is 2.16. The van der Waals surface area contributed by atoms with Gasteiger partial charge in [0.2, 0.25) is 0 Å². The molecule has 4 aromatic rings. The van der Waals surface area contributed by atoms with Gasteiger partial charge in [-0.05, 0) is 41.5 Å². The van der Waals surface area contributed by atoms with Gasteiger partial charge in [-0.25, -0.2) is 9.37 Å². The Bertz CT molecular complexity index is 1340. The van der Waals surface area contributed by atoms with Gasteiger partial charge < -0.3 is 14.2 Å². The molecule has 0 aliphatic carbocycles. The van der Waals surface area contributed by atoms with Crippen LogP contribution in [0.4, 0.5) is 10.1 Å².